The number of carbonyl (C=O) groups is 2. The number of aromatic nitrogens is 1. The number of nitrogens with one attached hydrogen (secondary N) is 1. The second-order valence-electron chi connectivity index (χ2n) is 15.4. The number of carbonyl (C=O) groups excluding carboxylic acids is 2. The molecule has 0 radical (unpaired) electrons. The van der Waals surface area contributed by atoms with Crippen LogP contribution in [0.25, 0.3) is 0 Å². The van der Waals surface area contributed by atoms with Crippen LogP contribution in [-0.4, -0.2) is 59.3 Å². The first-order valence-electron chi connectivity index (χ1n) is 18.4. The molecule has 1 N–H and O–H groups in total. The first-order valence-corrected chi connectivity index (χ1v) is 20.5. The average Bonchev–Trinajstić information content (AvgIpc) is 3.67. The third-order valence-electron chi connectivity index (χ3n) is 11.8. The second-order valence-corrected chi connectivity index (χ2v) is 17.8. The zero-order chi connectivity index (χ0) is 35.3. The number of nitrogens with zero attached hydrogens (tertiary/aromatic N) is 3. The van der Waals surface area contributed by atoms with Crippen LogP contribution in [0.15, 0.2) is 65.2 Å². The molecule has 2 amide bonds. The van der Waals surface area contributed by atoms with E-state index in [2.05, 4.69) is 42.8 Å². The number of rotatable bonds is 3. The Balaban J connectivity index is 1.19. The van der Waals surface area contributed by atoms with Crippen molar-refractivity contribution < 1.29 is 23.3 Å². The summed E-state index contributed by atoms with van der Waals surface area (Å²) >= 11 is 6.46. The largest absolute Gasteiger partial charge is 0.490 e. The number of halogens is 1. The van der Waals surface area contributed by atoms with Crippen LogP contribution in [0.5, 0.6) is 5.75 Å². The highest BCUT2D eigenvalue weighted by atomic mass is 35.5. The van der Waals surface area contributed by atoms with E-state index in [1.807, 2.05) is 31.2 Å². The normalized spacial score (nSPS) is 30.9. The summed E-state index contributed by atoms with van der Waals surface area (Å²) < 4.78 is 36.4. The predicted octanol–water partition coefficient (Wildman–Crippen LogP) is 7.15. The van der Waals surface area contributed by atoms with Crippen molar-refractivity contribution in [3.8, 4) is 5.75 Å². The maximum absolute atomic E-state index is 14.6. The zero-order valence-electron chi connectivity index (χ0n) is 29.4. The molecule has 51 heavy (non-hydrogen) atoms. The van der Waals surface area contributed by atoms with E-state index in [9.17, 15) is 13.8 Å². The molecule has 2 aliphatic carbocycles. The van der Waals surface area contributed by atoms with Gasteiger partial charge in [-0.25, -0.2) is 4.21 Å². The fraction of sp³-hybridized carbons (Fsp3) is 0.500. The minimum absolute atomic E-state index is 0.0399. The van der Waals surface area contributed by atoms with Gasteiger partial charge in [0.1, 0.15) is 15.7 Å². The predicted molar refractivity (Wildman–Crippen MR) is 200 cm³/mol. The summed E-state index contributed by atoms with van der Waals surface area (Å²) in [6.45, 7) is 4.87. The number of ether oxygens (including phenoxy) is 2. The number of hydrogen-bond acceptors (Lipinski definition) is 6. The number of aryl methyl sites for hydroxylation is 3. The number of amides is 2. The van der Waals surface area contributed by atoms with Crippen molar-refractivity contribution in [2.24, 2.45) is 22.1 Å². The van der Waals surface area contributed by atoms with E-state index >= 15 is 0 Å². The van der Waals surface area contributed by atoms with E-state index in [0.29, 0.717) is 41.7 Å². The third-order valence-corrected chi connectivity index (χ3v) is 14.1. The van der Waals surface area contributed by atoms with Crippen LogP contribution >= 0.6 is 11.6 Å². The van der Waals surface area contributed by atoms with Crippen molar-refractivity contribution in [1.29, 1.82) is 0 Å². The highest BCUT2D eigenvalue weighted by Gasteiger charge is 2.44. The summed E-state index contributed by atoms with van der Waals surface area (Å²) in [4.78, 5) is 30.0. The van der Waals surface area contributed by atoms with Crippen LogP contribution < -0.4 is 14.4 Å². The van der Waals surface area contributed by atoms with E-state index in [-0.39, 0.29) is 23.2 Å². The first-order chi connectivity index (χ1) is 24.6. The number of allylic oxidation sites excluding steroid dienone is 1. The lowest BCUT2D eigenvalue weighted by atomic mass is 9.68. The molecule has 2 aromatic carbocycles. The molecule has 3 aromatic rings. The molecule has 1 unspecified atom stereocenters. The molecular weight excluding hydrogens is 684 g/mol. The van der Waals surface area contributed by atoms with Crippen LogP contribution in [0.4, 0.5) is 5.69 Å². The molecule has 0 saturated heterocycles. The van der Waals surface area contributed by atoms with Gasteiger partial charge in [-0.1, -0.05) is 36.7 Å². The van der Waals surface area contributed by atoms with Crippen molar-refractivity contribution in [3.05, 3.63) is 93.8 Å². The number of hydrogen-bond donors (Lipinski definition) is 1. The van der Waals surface area contributed by atoms with Gasteiger partial charge in [0.15, 0.2) is 0 Å². The Morgan fingerprint density at radius 1 is 1.14 bits per heavy atom. The van der Waals surface area contributed by atoms with Gasteiger partial charge in [-0.15, -0.1) is 4.36 Å². The van der Waals surface area contributed by atoms with Gasteiger partial charge < -0.3 is 18.9 Å². The molecular formula is C40H47ClN4O5S. The monoisotopic (exact) mass is 730 g/mol. The molecule has 5 aliphatic rings. The molecule has 8 rings (SSSR count). The van der Waals surface area contributed by atoms with E-state index in [1.165, 1.54) is 11.1 Å². The van der Waals surface area contributed by atoms with Gasteiger partial charge in [0, 0.05) is 54.6 Å². The highest BCUT2D eigenvalue weighted by Crippen LogP contribution is 2.47. The average molecular weight is 731 g/mol. The second kappa shape index (κ2) is 13.7. The summed E-state index contributed by atoms with van der Waals surface area (Å²) in [6.07, 6.45) is 13.7. The summed E-state index contributed by atoms with van der Waals surface area (Å²) in [5, 5.41) is 0.746. The fourth-order valence-corrected chi connectivity index (χ4v) is 11.2. The third kappa shape index (κ3) is 6.75. The number of methoxy groups -OCH3 is 1. The molecule has 3 aliphatic heterocycles. The Morgan fingerprint density at radius 3 is 2.82 bits per heavy atom. The van der Waals surface area contributed by atoms with Gasteiger partial charge in [0.05, 0.1) is 29.7 Å². The standard InChI is InChI=1S/C40H47ClN4O5S/c1-26-6-3-9-36(49-2)33-13-10-29(33)21-45-24-40(16-4-7-27-18-31(41)12-14-34(27)40)25-50-37-15-11-28(20-35(37)45)38(46)42-51(48,23-26)43-39(47)30-19-32-8-5-17-44(32)22-30/h3,9,11-12,14-15,18-20,22,26,29,33,36H,4-8,10,13,16-17,21,23-25H2,1-2H3,(H,42,43,46,47,48)/b9-3+/t26-,29-,33+,36-,40-,51?/m0/s1. The van der Waals surface area contributed by atoms with Gasteiger partial charge in [-0.3, -0.25) is 14.3 Å². The van der Waals surface area contributed by atoms with Crippen LogP contribution in [0.1, 0.15) is 83.0 Å². The van der Waals surface area contributed by atoms with Crippen LogP contribution in [0, 0.1) is 17.8 Å². The lowest BCUT2D eigenvalue weighted by molar-refractivity contribution is 0.0131. The summed E-state index contributed by atoms with van der Waals surface area (Å²) in [6, 6.07) is 13.5. The van der Waals surface area contributed by atoms with Crippen molar-refractivity contribution in [3.63, 3.8) is 0 Å². The number of fused-ring (bicyclic) bond motifs is 5. The topological polar surface area (TPSA) is 102 Å². The van der Waals surface area contributed by atoms with E-state index in [1.54, 1.807) is 19.4 Å². The molecule has 4 heterocycles. The van der Waals surface area contributed by atoms with E-state index in [0.717, 1.165) is 81.0 Å². The lowest BCUT2D eigenvalue weighted by Crippen LogP contribution is -2.49. The molecule has 11 heteroatoms. The Hall–Kier alpha value is -3.60. The van der Waals surface area contributed by atoms with Crippen molar-refractivity contribution in [2.75, 3.05) is 37.5 Å². The van der Waals surface area contributed by atoms with Gasteiger partial charge in [0.25, 0.3) is 11.8 Å². The molecule has 1 saturated carbocycles. The lowest BCUT2D eigenvalue weighted by Gasteiger charge is -2.46. The minimum Gasteiger partial charge on any atom is -0.490 e. The summed E-state index contributed by atoms with van der Waals surface area (Å²) in [7, 11) is -1.71. The Labute approximate surface area is 306 Å². The molecule has 1 fully saturated rings. The van der Waals surface area contributed by atoms with Gasteiger partial charge in [-0.2, -0.15) is 0 Å². The van der Waals surface area contributed by atoms with E-state index < -0.39 is 21.7 Å². The number of anilines is 1. The summed E-state index contributed by atoms with van der Waals surface area (Å²) in [5.41, 5.74) is 4.98. The molecule has 6 atom stereocenters. The Bertz CT molecular complexity index is 2000. The molecule has 9 nitrogen and oxygen atoms in total. The Kier molecular flexibility index (Phi) is 9.30. The van der Waals surface area contributed by atoms with Crippen LogP contribution in [0.3, 0.4) is 0 Å². The highest BCUT2D eigenvalue weighted by molar-refractivity contribution is 7.92. The SMILES string of the molecule is CO[C@H]1/C=C/C[C@H](C)CS(=O)(NC(=O)c2cc3n(c2)CCC3)=NC(=O)c2ccc3c(c2)N(C[C@@H]2CC[C@H]21)C[C@@]1(CCCc2cc(Cl)ccc21)CO3. The molecule has 270 valence electrons. The fourth-order valence-electron chi connectivity index (χ4n) is 9.10. The molecule has 1 spiro atoms. The van der Waals surface area contributed by atoms with Crippen molar-refractivity contribution >= 4 is 39.0 Å². The smallest absolute Gasteiger partial charge is 0.286 e. The van der Waals surface area contributed by atoms with Gasteiger partial charge in [0.2, 0.25) is 0 Å². The molecule has 2 bridgehead atoms. The van der Waals surface area contributed by atoms with Crippen molar-refractivity contribution in [2.45, 2.75) is 76.4 Å². The molecule has 1 aromatic heterocycles. The maximum atomic E-state index is 14.6. The van der Waals surface area contributed by atoms with Crippen LogP contribution in [-0.2, 0) is 39.5 Å². The van der Waals surface area contributed by atoms with Crippen LogP contribution in [0.2, 0.25) is 5.02 Å². The quantitative estimate of drug-likeness (QED) is 0.287. The maximum Gasteiger partial charge on any atom is 0.286 e. The Morgan fingerprint density at radius 2 is 2.02 bits per heavy atom. The van der Waals surface area contributed by atoms with Gasteiger partial charge >= 0.3 is 0 Å². The van der Waals surface area contributed by atoms with Gasteiger partial charge in [-0.05, 0) is 117 Å². The minimum atomic E-state index is -3.49. The first kappa shape index (κ1) is 34.5. The van der Waals surface area contributed by atoms with E-state index in [4.69, 9.17) is 21.1 Å². The summed E-state index contributed by atoms with van der Waals surface area (Å²) in [5.74, 6) is 0.291. The zero-order valence-corrected chi connectivity index (χ0v) is 31.0. The number of benzene rings is 2. The van der Waals surface area contributed by atoms with Crippen molar-refractivity contribution in [1.82, 2.24) is 9.29 Å².